The van der Waals surface area contributed by atoms with Gasteiger partial charge in [-0.2, -0.15) is 5.26 Å². The van der Waals surface area contributed by atoms with E-state index in [0.717, 1.165) is 6.54 Å². The summed E-state index contributed by atoms with van der Waals surface area (Å²) in [4.78, 5) is 1.98. The highest BCUT2D eigenvalue weighted by Crippen LogP contribution is 2.22. The van der Waals surface area contributed by atoms with Gasteiger partial charge < -0.3 is 4.90 Å². The molecule has 1 aromatic carbocycles. The molecule has 1 N–H and O–H groups in total. The van der Waals surface area contributed by atoms with E-state index in [-0.39, 0.29) is 5.56 Å². The minimum absolute atomic E-state index is 0.0536. The Hall–Kier alpha value is -1.51. The number of likely N-dealkylation sites (N-methyl/N-ethyl adjacent to an activating group) is 1. The second-order valence-corrected chi connectivity index (χ2v) is 4.29. The molecule has 1 unspecified atom stereocenters. The van der Waals surface area contributed by atoms with Crippen molar-refractivity contribution in [1.29, 1.82) is 5.26 Å². The Kier molecular flexibility index (Phi) is 5.69. The van der Waals surface area contributed by atoms with Crippen molar-refractivity contribution in [2.24, 2.45) is 0 Å². The van der Waals surface area contributed by atoms with Crippen molar-refractivity contribution in [2.75, 3.05) is 27.2 Å². The van der Waals surface area contributed by atoms with Gasteiger partial charge in [-0.3, -0.25) is 5.32 Å². The van der Waals surface area contributed by atoms with Gasteiger partial charge >= 0.3 is 0 Å². The van der Waals surface area contributed by atoms with Crippen LogP contribution in [0, 0.1) is 11.3 Å². The van der Waals surface area contributed by atoms with E-state index in [0.29, 0.717) is 12.1 Å². The van der Waals surface area contributed by atoms with Crippen molar-refractivity contribution in [3.05, 3.63) is 35.4 Å². The zero-order chi connectivity index (χ0) is 13.5. The zero-order valence-electron chi connectivity index (χ0n) is 10.5. The first-order valence-corrected chi connectivity index (χ1v) is 5.70. The maximum atomic E-state index is 12.6. The average Bonchev–Trinajstić information content (AvgIpc) is 2.34. The van der Waals surface area contributed by atoms with Gasteiger partial charge in [0.05, 0.1) is 6.07 Å². The second kappa shape index (κ2) is 7.04. The van der Waals surface area contributed by atoms with Crippen LogP contribution < -0.4 is 5.32 Å². The van der Waals surface area contributed by atoms with Crippen LogP contribution in [0.5, 0.6) is 0 Å². The van der Waals surface area contributed by atoms with Crippen LogP contribution in [0.2, 0.25) is 0 Å². The predicted molar refractivity (Wildman–Crippen MR) is 66.3 cm³/mol. The fourth-order valence-electron chi connectivity index (χ4n) is 1.54. The van der Waals surface area contributed by atoms with Crippen molar-refractivity contribution in [2.45, 2.75) is 12.5 Å². The lowest BCUT2D eigenvalue weighted by Gasteiger charge is -2.15. The van der Waals surface area contributed by atoms with E-state index < -0.39 is 12.5 Å². The van der Waals surface area contributed by atoms with Gasteiger partial charge in [0, 0.05) is 18.7 Å². The molecule has 1 aromatic rings. The first-order valence-electron chi connectivity index (χ1n) is 5.70. The summed E-state index contributed by atoms with van der Waals surface area (Å²) < 4.78 is 25.1. The summed E-state index contributed by atoms with van der Waals surface area (Å²) in [7, 11) is 3.86. The van der Waals surface area contributed by atoms with E-state index in [2.05, 4.69) is 11.4 Å². The van der Waals surface area contributed by atoms with Crippen molar-refractivity contribution < 1.29 is 8.78 Å². The van der Waals surface area contributed by atoms with E-state index in [9.17, 15) is 8.78 Å². The van der Waals surface area contributed by atoms with Gasteiger partial charge in [0.25, 0.3) is 6.43 Å². The third-order valence-corrected chi connectivity index (χ3v) is 2.53. The fourth-order valence-corrected chi connectivity index (χ4v) is 1.54. The van der Waals surface area contributed by atoms with Gasteiger partial charge in [0.2, 0.25) is 0 Å². The van der Waals surface area contributed by atoms with Gasteiger partial charge in [0.15, 0.2) is 0 Å². The van der Waals surface area contributed by atoms with Crippen LogP contribution in [-0.2, 0) is 0 Å². The van der Waals surface area contributed by atoms with Crippen molar-refractivity contribution in [1.82, 2.24) is 10.2 Å². The largest absolute Gasteiger partial charge is 0.308 e. The zero-order valence-corrected chi connectivity index (χ0v) is 10.5. The van der Waals surface area contributed by atoms with Crippen LogP contribution in [0.4, 0.5) is 8.78 Å². The molecule has 0 amide bonds. The van der Waals surface area contributed by atoms with Gasteiger partial charge in [-0.15, -0.1) is 0 Å². The molecule has 3 nitrogen and oxygen atoms in total. The second-order valence-electron chi connectivity index (χ2n) is 4.29. The maximum absolute atomic E-state index is 12.6. The molecule has 0 aromatic heterocycles. The van der Waals surface area contributed by atoms with E-state index in [1.54, 1.807) is 12.1 Å². The minimum Gasteiger partial charge on any atom is -0.308 e. The lowest BCUT2D eigenvalue weighted by atomic mass is 10.0. The third kappa shape index (κ3) is 4.40. The molecule has 0 aliphatic rings. The molecule has 1 rings (SSSR count). The molecule has 0 aliphatic heterocycles. The number of alkyl halides is 2. The Morgan fingerprint density at radius 1 is 1.33 bits per heavy atom. The summed E-state index contributed by atoms with van der Waals surface area (Å²) in [5.74, 6) is 0. The Labute approximate surface area is 106 Å². The number of benzene rings is 1. The van der Waals surface area contributed by atoms with Crippen molar-refractivity contribution in [3.8, 4) is 6.07 Å². The number of nitriles is 1. The number of nitrogens with one attached hydrogen (secondary N) is 1. The molecular formula is C13H17F2N3. The van der Waals surface area contributed by atoms with Crippen molar-refractivity contribution >= 4 is 0 Å². The SMILES string of the molecule is CN(C)CCNC(C#N)c1cccc(C(F)F)c1. The van der Waals surface area contributed by atoms with Crippen LogP contribution in [0.3, 0.4) is 0 Å². The normalized spacial score (nSPS) is 12.7. The van der Waals surface area contributed by atoms with E-state index in [4.69, 9.17) is 5.26 Å². The van der Waals surface area contributed by atoms with Gasteiger partial charge in [0.1, 0.15) is 6.04 Å². The molecule has 0 saturated heterocycles. The lowest BCUT2D eigenvalue weighted by Crippen LogP contribution is -2.29. The molecular weight excluding hydrogens is 236 g/mol. The highest BCUT2D eigenvalue weighted by molar-refractivity contribution is 5.29. The van der Waals surface area contributed by atoms with Crippen LogP contribution >= 0.6 is 0 Å². The average molecular weight is 253 g/mol. The van der Waals surface area contributed by atoms with Crippen LogP contribution in [0.15, 0.2) is 24.3 Å². The van der Waals surface area contributed by atoms with Crippen molar-refractivity contribution in [3.63, 3.8) is 0 Å². The van der Waals surface area contributed by atoms with Crippen LogP contribution in [0.1, 0.15) is 23.6 Å². The van der Waals surface area contributed by atoms with Gasteiger partial charge in [-0.1, -0.05) is 18.2 Å². The number of rotatable bonds is 6. The first kappa shape index (κ1) is 14.6. The predicted octanol–water partition coefficient (Wildman–Crippen LogP) is 2.34. The number of hydrogen-bond acceptors (Lipinski definition) is 3. The third-order valence-electron chi connectivity index (χ3n) is 2.53. The first-order chi connectivity index (χ1) is 8.54. The molecule has 18 heavy (non-hydrogen) atoms. The minimum atomic E-state index is -2.51. The fraction of sp³-hybridized carbons (Fsp3) is 0.462. The highest BCUT2D eigenvalue weighted by atomic mass is 19.3. The van der Waals surface area contributed by atoms with Gasteiger partial charge in [-0.05, 0) is 25.7 Å². The lowest BCUT2D eigenvalue weighted by molar-refractivity contribution is 0.151. The van der Waals surface area contributed by atoms with E-state index in [1.165, 1.54) is 12.1 Å². The molecule has 0 heterocycles. The quantitative estimate of drug-likeness (QED) is 0.845. The summed E-state index contributed by atoms with van der Waals surface area (Å²) in [5, 5.41) is 12.1. The summed E-state index contributed by atoms with van der Waals surface area (Å²) >= 11 is 0. The molecule has 0 fully saturated rings. The summed E-state index contributed by atoms with van der Waals surface area (Å²) in [6.07, 6.45) is -2.51. The number of halogens is 2. The Balaban J connectivity index is 2.70. The monoisotopic (exact) mass is 253 g/mol. The molecule has 1 atom stereocenters. The maximum Gasteiger partial charge on any atom is 0.263 e. The molecule has 98 valence electrons. The molecule has 0 aliphatic carbocycles. The molecule has 0 spiro atoms. The summed E-state index contributed by atoms with van der Waals surface area (Å²) in [5.41, 5.74) is 0.524. The highest BCUT2D eigenvalue weighted by Gasteiger charge is 2.13. The number of hydrogen-bond donors (Lipinski definition) is 1. The Morgan fingerprint density at radius 3 is 2.56 bits per heavy atom. The molecule has 0 saturated carbocycles. The standard InChI is InChI=1S/C13H17F2N3/c1-18(2)7-6-17-12(9-16)10-4-3-5-11(8-10)13(14)15/h3-5,8,12-13,17H,6-7H2,1-2H3. The van der Waals surface area contributed by atoms with Gasteiger partial charge in [-0.25, -0.2) is 8.78 Å². The topological polar surface area (TPSA) is 39.1 Å². The smallest absolute Gasteiger partial charge is 0.263 e. The summed E-state index contributed by atoms with van der Waals surface area (Å²) in [6.45, 7) is 1.41. The molecule has 0 bridgehead atoms. The summed E-state index contributed by atoms with van der Waals surface area (Å²) in [6, 6.07) is 7.50. The van der Waals surface area contributed by atoms with E-state index >= 15 is 0 Å². The van der Waals surface area contributed by atoms with Crippen LogP contribution in [-0.4, -0.2) is 32.1 Å². The Bertz CT molecular complexity index is 413. The van der Waals surface area contributed by atoms with E-state index in [1.807, 2.05) is 19.0 Å². The molecule has 0 radical (unpaired) electrons. The molecule has 5 heteroatoms. The Morgan fingerprint density at radius 2 is 2.00 bits per heavy atom. The van der Waals surface area contributed by atoms with Crippen LogP contribution in [0.25, 0.3) is 0 Å². The number of nitrogens with zero attached hydrogens (tertiary/aromatic N) is 2.